The van der Waals surface area contributed by atoms with Gasteiger partial charge in [0, 0.05) is 64.4 Å². The average Bonchev–Trinajstić information content (AvgIpc) is 3.72. The summed E-state index contributed by atoms with van der Waals surface area (Å²) in [6.07, 6.45) is 5.81. The molecule has 8 rings (SSSR count). The highest BCUT2D eigenvalue weighted by Gasteiger charge is 2.49. The van der Waals surface area contributed by atoms with Crippen LogP contribution in [0.15, 0.2) is 6.07 Å². The number of hydrogen-bond acceptors (Lipinski definition) is 9. The standard InChI is InChI=1S/C32H36ClF2N7OS/c1-31(7-2-4-23-24(31)21(12-36)28(37)44-23)25-22(33)10-20-27(26(25)35)39-30(40-29(20)41-14-18-5-6-19(15-41)38-18)43-16-32-8-3-9-42(32)13-17(34)11-32/h10,17-19,38H,2-9,11,13-16,37H2,1H3/t17-,18?,19?,31?,32+/m1/s1. The number of nitrogens with zero attached hydrogens (tertiary/aromatic N) is 5. The van der Waals surface area contributed by atoms with Crippen molar-refractivity contribution in [3.05, 3.63) is 38.5 Å². The number of alkyl halides is 1. The molecule has 5 aliphatic rings. The molecule has 1 aliphatic carbocycles. The molecular weight excluding hydrogens is 604 g/mol. The largest absolute Gasteiger partial charge is 0.461 e. The average molecular weight is 640 g/mol. The normalized spacial score (nSPS) is 31.3. The molecule has 232 valence electrons. The van der Waals surface area contributed by atoms with Gasteiger partial charge in [-0.2, -0.15) is 15.2 Å². The van der Waals surface area contributed by atoms with E-state index < -0.39 is 17.4 Å². The van der Waals surface area contributed by atoms with Gasteiger partial charge in [0.25, 0.3) is 0 Å². The Morgan fingerprint density at radius 2 is 2.00 bits per heavy atom. The van der Waals surface area contributed by atoms with Crippen LogP contribution in [0, 0.1) is 17.1 Å². The first-order chi connectivity index (χ1) is 21.2. The number of nitrogen functional groups attached to an aromatic ring is 1. The van der Waals surface area contributed by atoms with E-state index in [1.165, 1.54) is 11.3 Å². The van der Waals surface area contributed by atoms with Crippen molar-refractivity contribution >= 4 is 44.7 Å². The van der Waals surface area contributed by atoms with Gasteiger partial charge in [0.2, 0.25) is 0 Å². The molecule has 0 spiro atoms. The van der Waals surface area contributed by atoms with E-state index in [-0.39, 0.29) is 28.7 Å². The maximum atomic E-state index is 17.2. The second kappa shape index (κ2) is 10.4. The van der Waals surface area contributed by atoms with E-state index in [1.807, 2.05) is 6.92 Å². The summed E-state index contributed by atoms with van der Waals surface area (Å²) in [4.78, 5) is 15.0. The molecule has 3 aromatic rings. The molecule has 0 radical (unpaired) electrons. The summed E-state index contributed by atoms with van der Waals surface area (Å²) in [6.45, 7) is 4.98. The minimum Gasteiger partial charge on any atom is -0.461 e. The number of nitrogens with two attached hydrogens (primary N) is 1. The number of aryl methyl sites for hydroxylation is 1. The minimum absolute atomic E-state index is 0.0982. The minimum atomic E-state index is -0.879. The lowest BCUT2D eigenvalue weighted by Crippen LogP contribution is -2.51. The zero-order valence-electron chi connectivity index (χ0n) is 24.8. The number of halogens is 3. The Kier molecular flexibility index (Phi) is 6.76. The van der Waals surface area contributed by atoms with Crippen LogP contribution in [0.4, 0.5) is 19.6 Å². The molecule has 0 saturated carbocycles. The van der Waals surface area contributed by atoms with E-state index in [2.05, 4.69) is 21.2 Å². The number of anilines is 2. The Bertz CT molecular complexity index is 1700. The molecule has 6 heterocycles. The number of aromatic nitrogens is 2. The van der Waals surface area contributed by atoms with Gasteiger partial charge in [-0.1, -0.05) is 18.5 Å². The Balaban J connectivity index is 1.27. The van der Waals surface area contributed by atoms with Gasteiger partial charge in [0.1, 0.15) is 35.2 Å². The van der Waals surface area contributed by atoms with Crippen molar-refractivity contribution in [2.24, 2.45) is 0 Å². The van der Waals surface area contributed by atoms with Crippen LogP contribution in [0.25, 0.3) is 10.9 Å². The molecular formula is C32H36ClF2N7OS. The summed E-state index contributed by atoms with van der Waals surface area (Å²) in [5.41, 5.74) is 6.71. The first kappa shape index (κ1) is 28.7. The first-order valence-corrected chi connectivity index (χ1v) is 16.9. The maximum absolute atomic E-state index is 17.2. The molecule has 2 bridgehead atoms. The topological polar surface area (TPSA) is 103 Å². The molecule has 4 aliphatic heterocycles. The lowest BCUT2D eigenvalue weighted by Gasteiger charge is -2.37. The zero-order valence-corrected chi connectivity index (χ0v) is 26.3. The first-order valence-electron chi connectivity index (χ1n) is 15.7. The van der Waals surface area contributed by atoms with Crippen LogP contribution in [0.5, 0.6) is 6.01 Å². The number of benzene rings is 1. The fourth-order valence-electron chi connectivity index (χ4n) is 8.93. The number of hydrogen-bond donors (Lipinski definition) is 2. The highest BCUT2D eigenvalue weighted by atomic mass is 35.5. The predicted molar refractivity (Wildman–Crippen MR) is 168 cm³/mol. The Hall–Kier alpha value is -2.78. The van der Waals surface area contributed by atoms with E-state index >= 15 is 4.39 Å². The van der Waals surface area contributed by atoms with Gasteiger partial charge in [0.15, 0.2) is 5.82 Å². The summed E-state index contributed by atoms with van der Waals surface area (Å²) in [7, 11) is 0. The fraction of sp³-hybridized carbons (Fsp3) is 0.594. The summed E-state index contributed by atoms with van der Waals surface area (Å²) in [6, 6.07) is 4.84. The van der Waals surface area contributed by atoms with Crippen LogP contribution in [0.1, 0.15) is 73.4 Å². The molecule has 1 aromatic carbocycles. The third-order valence-corrected chi connectivity index (χ3v) is 12.3. The third-order valence-electron chi connectivity index (χ3n) is 10.9. The van der Waals surface area contributed by atoms with Crippen molar-refractivity contribution < 1.29 is 13.5 Å². The predicted octanol–water partition coefficient (Wildman–Crippen LogP) is 5.48. The van der Waals surface area contributed by atoms with Gasteiger partial charge < -0.3 is 20.7 Å². The molecule has 44 heavy (non-hydrogen) atoms. The molecule has 12 heteroatoms. The van der Waals surface area contributed by atoms with E-state index in [0.29, 0.717) is 58.8 Å². The number of piperazine rings is 1. The van der Waals surface area contributed by atoms with Crippen molar-refractivity contribution in [2.45, 2.75) is 87.5 Å². The Morgan fingerprint density at radius 3 is 2.77 bits per heavy atom. The van der Waals surface area contributed by atoms with Crippen LogP contribution >= 0.6 is 22.9 Å². The zero-order chi connectivity index (χ0) is 30.4. The van der Waals surface area contributed by atoms with Gasteiger partial charge >= 0.3 is 6.01 Å². The van der Waals surface area contributed by atoms with E-state index in [1.54, 1.807) is 6.07 Å². The van der Waals surface area contributed by atoms with E-state index in [0.717, 1.165) is 68.6 Å². The quantitative estimate of drug-likeness (QED) is 0.379. The summed E-state index contributed by atoms with van der Waals surface area (Å²) in [5, 5.41) is 15.0. The molecule has 3 N–H and O–H groups in total. The van der Waals surface area contributed by atoms with Gasteiger partial charge in [-0.3, -0.25) is 4.90 Å². The maximum Gasteiger partial charge on any atom is 0.319 e. The van der Waals surface area contributed by atoms with Gasteiger partial charge in [0.05, 0.1) is 11.1 Å². The van der Waals surface area contributed by atoms with E-state index in [9.17, 15) is 9.65 Å². The number of fused-ring (bicyclic) bond motifs is 5. The molecule has 4 fully saturated rings. The van der Waals surface area contributed by atoms with Crippen LogP contribution < -0.4 is 20.7 Å². The fourth-order valence-corrected chi connectivity index (χ4v) is 10.5. The number of rotatable bonds is 5. The third kappa shape index (κ3) is 4.32. The van der Waals surface area contributed by atoms with Crippen LogP contribution in [-0.2, 0) is 11.8 Å². The molecule has 8 nitrogen and oxygen atoms in total. The number of thiophene rings is 1. The molecule has 5 atom stereocenters. The summed E-state index contributed by atoms with van der Waals surface area (Å²) in [5.74, 6) is 0.0896. The smallest absolute Gasteiger partial charge is 0.319 e. The summed E-state index contributed by atoms with van der Waals surface area (Å²) < 4.78 is 38.0. The lowest BCUT2D eigenvalue weighted by molar-refractivity contribution is 0.107. The Labute approximate surface area is 264 Å². The summed E-state index contributed by atoms with van der Waals surface area (Å²) >= 11 is 8.44. The van der Waals surface area contributed by atoms with Crippen molar-refractivity contribution in [1.29, 1.82) is 5.26 Å². The number of nitriles is 1. The Morgan fingerprint density at radius 1 is 1.20 bits per heavy atom. The van der Waals surface area contributed by atoms with Gasteiger partial charge in [-0.15, -0.1) is 11.3 Å². The highest BCUT2D eigenvalue weighted by molar-refractivity contribution is 7.16. The lowest BCUT2D eigenvalue weighted by atomic mass is 9.68. The van der Waals surface area contributed by atoms with Crippen molar-refractivity contribution in [1.82, 2.24) is 20.2 Å². The second-order valence-electron chi connectivity index (χ2n) is 13.6. The van der Waals surface area contributed by atoms with Crippen LogP contribution in [0.2, 0.25) is 5.02 Å². The van der Waals surface area contributed by atoms with Crippen molar-refractivity contribution in [3.8, 4) is 12.1 Å². The number of nitrogens with one attached hydrogen (secondary N) is 1. The molecule has 3 unspecified atom stereocenters. The van der Waals surface area contributed by atoms with Gasteiger partial charge in [-0.05, 0) is 63.1 Å². The SMILES string of the molecule is CC1(c2c(Cl)cc3c(N4CC5CCC(C4)N5)nc(OC[C@@]45CCCN4C[C@H](F)C5)nc3c2F)CCCc2sc(N)c(C#N)c21. The van der Waals surface area contributed by atoms with Crippen LogP contribution in [0.3, 0.4) is 0 Å². The van der Waals surface area contributed by atoms with Crippen LogP contribution in [-0.4, -0.2) is 71.4 Å². The number of ether oxygens (including phenoxy) is 1. The van der Waals surface area contributed by atoms with Crippen molar-refractivity contribution in [3.63, 3.8) is 0 Å². The molecule has 0 amide bonds. The molecule has 2 aromatic heterocycles. The van der Waals surface area contributed by atoms with Crippen molar-refractivity contribution in [2.75, 3.05) is 43.4 Å². The van der Waals surface area contributed by atoms with E-state index in [4.69, 9.17) is 32.0 Å². The second-order valence-corrected chi connectivity index (χ2v) is 15.2. The highest BCUT2D eigenvalue weighted by Crippen LogP contribution is 2.52. The molecule has 4 saturated heterocycles. The van der Waals surface area contributed by atoms with Gasteiger partial charge in [-0.25, -0.2) is 8.78 Å². The monoisotopic (exact) mass is 639 g/mol.